The summed E-state index contributed by atoms with van der Waals surface area (Å²) in [5, 5.41) is 11.0. The molecule has 1 unspecified atom stereocenters. The van der Waals surface area contributed by atoms with Gasteiger partial charge in [-0.05, 0) is 30.6 Å². The van der Waals surface area contributed by atoms with Gasteiger partial charge in [0, 0.05) is 25.2 Å². The van der Waals surface area contributed by atoms with Gasteiger partial charge < -0.3 is 5.11 Å². The normalized spacial score (nSPS) is 29.9. The lowest BCUT2D eigenvalue weighted by atomic mass is 9.87. The van der Waals surface area contributed by atoms with E-state index in [2.05, 4.69) is 50.9 Å². The Morgan fingerprint density at radius 3 is 1.72 bits per heavy atom. The van der Waals surface area contributed by atoms with E-state index >= 15 is 0 Å². The Kier molecular flexibility index (Phi) is 6.31. The van der Waals surface area contributed by atoms with Crippen LogP contribution < -0.4 is 0 Å². The molecule has 1 aliphatic carbocycles. The molecule has 0 spiro atoms. The molecule has 3 atom stereocenters. The first kappa shape index (κ1) is 21.2. The van der Waals surface area contributed by atoms with Crippen LogP contribution in [0.2, 0.25) is 0 Å². The molecule has 0 aromatic carbocycles. The van der Waals surface area contributed by atoms with Crippen LogP contribution in [0, 0.1) is 10.8 Å². The van der Waals surface area contributed by atoms with Crippen molar-refractivity contribution < 1.29 is 9.67 Å². The van der Waals surface area contributed by atoms with Crippen molar-refractivity contribution in [2.24, 2.45) is 10.8 Å². The quantitative estimate of drug-likeness (QED) is 0.553. The Hall–Kier alpha value is -0.150. The summed E-state index contributed by atoms with van der Waals surface area (Å²) < 4.78 is 18.9. The van der Waals surface area contributed by atoms with Gasteiger partial charge in [-0.1, -0.05) is 66.5 Å². The molecule has 0 aromatic heterocycles. The number of rotatable bonds is 4. The lowest BCUT2D eigenvalue weighted by molar-refractivity contribution is 0.159. The second-order valence-electron chi connectivity index (χ2n) is 10.3. The SMILES string of the molecule is C/C=C/C(O)P1(=O)N(CC(C)(C)C)[C@@H]2CCCC[C@H]2N1CC(C)(C)C. The Balaban J connectivity index is 2.52. The summed E-state index contributed by atoms with van der Waals surface area (Å²) in [6, 6.07) is 0.613. The van der Waals surface area contributed by atoms with Gasteiger partial charge in [0.15, 0.2) is 5.85 Å². The molecule has 5 heteroatoms. The Labute approximate surface area is 155 Å². The molecule has 2 rings (SSSR count). The average molecular weight is 371 g/mol. The number of fused-ring (bicyclic) bond motifs is 1. The van der Waals surface area contributed by atoms with Crippen molar-refractivity contribution in [3.05, 3.63) is 12.2 Å². The highest BCUT2D eigenvalue weighted by atomic mass is 31.2. The van der Waals surface area contributed by atoms with Crippen LogP contribution in [0.15, 0.2) is 12.2 Å². The maximum Gasteiger partial charge on any atom is 0.248 e. The minimum atomic E-state index is -3.06. The van der Waals surface area contributed by atoms with Crippen molar-refractivity contribution in [1.82, 2.24) is 9.34 Å². The molecule has 25 heavy (non-hydrogen) atoms. The van der Waals surface area contributed by atoms with Gasteiger partial charge in [0.25, 0.3) is 0 Å². The van der Waals surface area contributed by atoms with E-state index in [9.17, 15) is 9.67 Å². The van der Waals surface area contributed by atoms with Crippen molar-refractivity contribution in [3.63, 3.8) is 0 Å². The van der Waals surface area contributed by atoms with Crippen LogP contribution in [0.1, 0.15) is 74.1 Å². The minimum absolute atomic E-state index is 0.0467. The molecule has 4 nitrogen and oxygen atoms in total. The minimum Gasteiger partial charge on any atom is -0.378 e. The number of aliphatic hydroxyl groups is 1. The van der Waals surface area contributed by atoms with E-state index in [1.54, 1.807) is 6.08 Å². The van der Waals surface area contributed by atoms with E-state index in [1.165, 1.54) is 12.8 Å². The summed E-state index contributed by atoms with van der Waals surface area (Å²) in [7, 11) is -3.06. The van der Waals surface area contributed by atoms with Crippen LogP contribution in [0.3, 0.4) is 0 Å². The first-order chi connectivity index (χ1) is 11.4. The van der Waals surface area contributed by atoms with Gasteiger partial charge in [0.1, 0.15) is 0 Å². The van der Waals surface area contributed by atoms with Gasteiger partial charge in [0.2, 0.25) is 7.44 Å². The van der Waals surface area contributed by atoms with E-state index in [0.717, 1.165) is 25.9 Å². The van der Waals surface area contributed by atoms with Crippen molar-refractivity contribution in [1.29, 1.82) is 0 Å². The third-order valence-corrected chi connectivity index (χ3v) is 8.39. The monoisotopic (exact) mass is 370 g/mol. The van der Waals surface area contributed by atoms with Crippen molar-refractivity contribution in [2.45, 2.75) is 92.1 Å². The zero-order valence-corrected chi connectivity index (χ0v) is 18.2. The lowest BCUT2D eigenvalue weighted by Crippen LogP contribution is -2.43. The highest BCUT2D eigenvalue weighted by Gasteiger charge is 2.58. The van der Waals surface area contributed by atoms with Gasteiger partial charge in [-0.25, -0.2) is 9.34 Å². The van der Waals surface area contributed by atoms with E-state index in [-0.39, 0.29) is 10.8 Å². The summed E-state index contributed by atoms with van der Waals surface area (Å²) in [6.07, 6.45) is 8.14. The predicted octanol–water partition coefficient (Wildman–Crippen LogP) is 5.10. The number of nitrogens with zero attached hydrogens (tertiary/aromatic N) is 2. The summed E-state index contributed by atoms with van der Waals surface area (Å²) in [4.78, 5) is 0. The molecule has 0 aromatic rings. The second kappa shape index (κ2) is 7.46. The fourth-order valence-corrected chi connectivity index (χ4v) is 8.30. The third-order valence-electron chi connectivity index (χ3n) is 5.18. The zero-order chi connectivity index (χ0) is 19.0. The molecular weight excluding hydrogens is 331 g/mol. The molecule has 1 saturated heterocycles. The predicted molar refractivity (Wildman–Crippen MR) is 107 cm³/mol. The van der Waals surface area contributed by atoms with Crippen LogP contribution in [0.5, 0.6) is 0 Å². The third kappa shape index (κ3) is 4.58. The number of allylic oxidation sites excluding steroid dienone is 1. The standard InChI is InChI=1S/C20H39N2O2P/c1-8-11-18(23)25(24)21(14-19(2,3)4)16-12-9-10-13-17(16)22(25)15-20(5,6)7/h8,11,16-18,23H,9-10,12-15H2,1-7H3/b11-8+/t16-,17-,18?/m1/s1. The largest absolute Gasteiger partial charge is 0.378 e. The Morgan fingerprint density at radius 1 is 1.00 bits per heavy atom. The highest BCUT2D eigenvalue weighted by molar-refractivity contribution is 7.60. The van der Waals surface area contributed by atoms with E-state index < -0.39 is 13.3 Å². The van der Waals surface area contributed by atoms with Gasteiger partial charge in [-0.3, -0.25) is 4.57 Å². The molecule has 146 valence electrons. The molecule has 2 aliphatic rings. The van der Waals surface area contributed by atoms with Crippen molar-refractivity contribution in [3.8, 4) is 0 Å². The number of hydrogen-bond acceptors (Lipinski definition) is 2. The maximum absolute atomic E-state index is 14.4. The molecule has 1 N–H and O–H groups in total. The second-order valence-corrected chi connectivity index (χ2v) is 13.0. The van der Waals surface area contributed by atoms with Crippen LogP contribution in [0.25, 0.3) is 0 Å². The lowest BCUT2D eigenvalue weighted by Gasteiger charge is -2.39. The van der Waals surface area contributed by atoms with Crippen LogP contribution in [-0.2, 0) is 4.57 Å². The van der Waals surface area contributed by atoms with E-state index in [1.807, 2.05) is 13.0 Å². The fourth-order valence-electron chi connectivity index (χ4n) is 4.36. The summed E-state index contributed by atoms with van der Waals surface area (Å²) >= 11 is 0. The van der Waals surface area contributed by atoms with Gasteiger partial charge >= 0.3 is 0 Å². The van der Waals surface area contributed by atoms with Crippen molar-refractivity contribution >= 4 is 7.44 Å². The molecule has 0 bridgehead atoms. The van der Waals surface area contributed by atoms with Crippen LogP contribution >= 0.6 is 7.44 Å². The van der Waals surface area contributed by atoms with Crippen LogP contribution in [0.4, 0.5) is 0 Å². The summed E-state index contributed by atoms with van der Waals surface area (Å²) in [5.74, 6) is -0.909. The van der Waals surface area contributed by atoms with E-state index in [4.69, 9.17) is 0 Å². The highest BCUT2D eigenvalue weighted by Crippen LogP contribution is 2.67. The van der Waals surface area contributed by atoms with Gasteiger partial charge in [-0.15, -0.1) is 0 Å². The molecule has 1 aliphatic heterocycles. The smallest absolute Gasteiger partial charge is 0.248 e. The van der Waals surface area contributed by atoms with Crippen LogP contribution in [-0.4, -0.2) is 45.5 Å². The van der Waals surface area contributed by atoms with Crippen molar-refractivity contribution in [2.75, 3.05) is 13.1 Å². The number of aliphatic hydroxyl groups excluding tert-OH is 1. The van der Waals surface area contributed by atoms with Gasteiger partial charge in [-0.2, -0.15) is 0 Å². The molecule has 2 fully saturated rings. The topological polar surface area (TPSA) is 43.8 Å². The average Bonchev–Trinajstić information content (AvgIpc) is 2.68. The molecular formula is C20H39N2O2P. The molecule has 0 radical (unpaired) electrons. The fraction of sp³-hybridized carbons (Fsp3) is 0.900. The molecule has 0 amide bonds. The molecule has 1 saturated carbocycles. The first-order valence-corrected chi connectivity index (χ1v) is 11.5. The van der Waals surface area contributed by atoms with Gasteiger partial charge in [0.05, 0.1) is 0 Å². The maximum atomic E-state index is 14.4. The Bertz CT molecular complexity index is 497. The summed E-state index contributed by atoms with van der Waals surface area (Å²) in [6.45, 7) is 16.6. The molecule has 1 heterocycles. The first-order valence-electron chi connectivity index (χ1n) is 9.85. The Morgan fingerprint density at radius 2 is 1.40 bits per heavy atom. The number of hydrogen-bond donors (Lipinski definition) is 1. The summed E-state index contributed by atoms with van der Waals surface area (Å²) in [5.41, 5.74) is 0.0934. The zero-order valence-electron chi connectivity index (χ0n) is 17.3. The van der Waals surface area contributed by atoms with E-state index in [0.29, 0.717) is 12.1 Å².